The second-order valence-corrected chi connectivity index (χ2v) is 4.94. The molecule has 3 N–H and O–H groups in total. The van der Waals surface area contributed by atoms with Gasteiger partial charge < -0.3 is 15.6 Å². The van der Waals surface area contributed by atoms with Gasteiger partial charge in [-0.25, -0.2) is 9.59 Å². The van der Waals surface area contributed by atoms with Crippen LogP contribution in [0.4, 0.5) is 5.69 Å². The van der Waals surface area contributed by atoms with E-state index in [0.29, 0.717) is 17.7 Å². The Balaban J connectivity index is 3.10. The van der Waals surface area contributed by atoms with E-state index in [4.69, 9.17) is 10.5 Å². The van der Waals surface area contributed by atoms with Crippen molar-refractivity contribution >= 4 is 17.6 Å². The molecule has 5 nitrogen and oxygen atoms in total. The van der Waals surface area contributed by atoms with Crippen molar-refractivity contribution in [1.82, 2.24) is 0 Å². The molecule has 0 fully saturated rings. The predicted octanol–water partition coefficient (Wildman–Crippen LogP) is 3.27. The molecule has 0 aliphatic carbocycles. The molecule has 1 aromatic carbocycles. The molecule has 0 saturated heterocycles. The molecule has 0 aliphatic rings. The minimum atomic E-state index is -1.12. The van der Waals surface area contributed by atoms with Crippen LogP contribution in [0.25, 0.3) is 0 Å². The van der Waals surface area contributed by atoms with Gasteiger partial charge in [0.05, 0.1) is 17.7 Å². The number of rotatable bonds is 8. The maximum atomic E-state index is 11.9. The molecule has 116 valence electrons. The number of carboxylic acid groups (broad SMARTS) is 1. The highest BCUT2D eigenvalue weighted by Gasteiger charge is 2.22. The SMILES string of the molecule is CCCCCCc1cc(N)cc(C(=O)OCC)c1C(=O)O. The number of ether oxygens (including phenoxy) is 1. The number of aryl methyl sites for hydroxylation is 1. The molecule has 0 radical (unpaired) electrons. The van der Waals surface area contributed by atoms with Gasteiger partial charge in [-0.2, -0.15) is 0 Å². The third-order valence-corrected chi connectivity index (χ3v) is 3.25. The summed E-state index contributed by atoms with van der Waals surface area (Å²) in [6.07, 6.45) is 4.71. The fourth-order valence-electron chi connectivity index (χ4n) is 2.29. The smallest absolute Gasteiger partial charge is 0.339 e. The van der Waals surface area contributed by atoms with Gasteiger partial charge in [0.15, 0.2) is 0 Å². The summed E-state index contributed by atoms with van der Waals surface area (Å²) in [4.78, 5) is 23.4. The maximum Gasteiger partial charge on any atom is 0.339 e. The van der Waals surface area contributed by atoms with Crippen molar-refractivity contribution in [2.45, 2.75) is 46.0 Å². The Morgan fingerprint density at radius 1 is 1.19 bits per heavy atom. The zero-order valence-electron chi connectivity index (χ0n) is 12.6. The van der Waals surface area contributed by atoms with Crippen LogP contribution in [0.15, 0.2) is 12.1 Å². The number of nitrogen functional groups attached to an aromatic ring is 1. The lowest BCUT2D eigenvalue weighted by Gasteiger charge is -2.12. The molecule has 0 heterocycles. The van der Waals surface area contributed by atoms with Crippen molar-refractivity contribution in [2.75, 3.05) is 12.3 Å². The molecule has 21 heavy (non-hydrogen) atoms. The summed E-state index contributed by atoms with van der Waals surface area (Å²) < 4.78 is 4.91. The minimum Gasteiger partial charge on any atom is -0.478 e. The Kier molecular flexibility index (Phi) is 6.72. The van der Waals surface area contributed by atoms with Gasteiger partial charge in [0.2, 0.25) is 0 Å². The third kappa shape index (κ3) is 4.77. The Hall–Kier alpha value is -2.04. The van der Waals surface area contributed by atoms with Crippen molar-refractivity contribution in [3.05, 3.63) is 28.8 Å². The van der Waals surface area contributed by atoms with E-state index in [-0.39, 0.29) is 17.7 Å². The van der Waals surface area contributed by atoms with Crippen molar-refractivity contribution in [3.8, 4) is 0 Å². The average Bonchev–Trinajstić information content (AvgIpc) is 2.42. The van der Waals surface area contributed by atoms with Gasteiger partial charge in [-0.15, -0.1) is 0 Å². The minimum absolute atomic E-state index is 0.0131. The van der Waals surface area contributed by atoms with Crippen molar-refractivity contribution < 1.29 is 19.4 Å². The van der Waals surface area contributed by atoms with Crippen LogP contribution >= 0.6 is 0 Å². The Labute approximate surface area is 125 Å². The van der Waals surface area contributed by atoms with Gasteiger partial charge in [-0.1, -0.05) is 26.2 Å². The first-order valence-electron chi connectivity index (χ1n) is 7.34. The normalized spacial score (nSPS) is 10.4. The van der Waals surface area contributed by atoms with Crippen LogP contribution in [0, 0.1) is 0 Å². The molecule has 0 amide bonds. The summed E-state index contributed by atoms with van der Waals surface area (Å²) in [5, 5.41) is 9.41. The number of hydrogen-bond acceptors (Lipinski definition) is 4. The maximum absolute atomic E-state index is 11.9. The highest BCUT2D eigenvalue weighted by Crippen LogP contribution is 2.23. The van der Waals surface area contributed by atoms with E-state index in [1.807, 2.05) is 0 Å². The summed E-state index contributed by atoms with van der Waals surface area (Å²) in [6, 6.07) is 3.01. The zero-order valence-corrected chi connectivity index (χ0v) is 12.6. The molecule has 0 saturated carbocycles. The third-order valence-electron chi connectivity index (χ3n) is 3.25. The monoisotopic (exact) mass is 293 g/mol. The standard InChI is InChI=1S/C16H23NO4/c1-3-5-6-7-8-11-9-12(17)10-13(14(11)15(18)19)16(20)21-4-2/h9-10H,3-8,17H2,1-2H3,(H,18,19). The number of hydrogen-bond donors (Lipinski definition) is 2. The van der Waals surface area contributed by atoms with Crippen molar-refractivity contribution in [3.63, 3.8) is 0 Å². The Morgan fingerprint density at radius 2 is 1.90 bits per heavy atom. The quantitative estimate of drug-likeness (QED) is 0.436. The van der Waals surface area contributed by atoms with Crippen LogP contribution in [0.2, 0.25) is 0 Å². The number of unbranched alkanes of at least 4 members (excludes halogenated alkanes) is 3. The number of carbonyl (C=O) groups is 2. The second-order valence-electron chi connectivity index (χ2n) is 4.94. The molecular weight excluding hydrogens is 270 g/mol. The molecule has 0 aliphatic heterocycles. The summed E-state index contributed by atoms with van der Waals surface area (Å²) in [5.41, 5.74) is 6.82. The van der Waals surface area contributed by atoms with E-state index < -0.39 is 11.9 Å². The number of esters is 1. The van der Waals surface area contributed by atoms with E-state index in [0.717, 1.165) is 25.7 Å². The first-order chi connectivity index (χ1) is 10.0. The highest BCUT2D eigenvalue weighted by atomic mass is 16.5. The lowest BCUT2D eigenvalue weighted by molar-refractivity contribution is 0.0514. The van der Waals surface area contributed by atoms with Crippen LogP contribution in [0.3, 0.4) is 0 Å². The fourth-order valence-corrected chi connectivity index (χ4v) is 2.29. The van der Waals surface area contributed by atoms with E-state index >= 15 is 0 Å². The molecule has 0 atom stereocenters. The fraction of sp³-hybridized carbons (Fsp3) is 0.500. The number of aromatic carboxylic acids is 1. The average molecular weight is 293 g/mol. The molecule has 0 unspecified atom stereocenters. The van der Waals surface area contributed by atoms with Gasteiger partial charge in [-0.05, 0) is 37.5 Å². The van der Waals surface area contributed by atoms with Crippen LogP contribution in [-0.2, 0) is 11.2 Å². The summed E-state index contributed by atoms with van der Waals surface area (Å²) >= 11 is 0. The molecule has 0 bridgehead atoms. The van der Waals surface area contributed by atoms with Crippen LogP contribution in [0.1, 0.15) is 65.8 Å². The van der Waals surface area contributed by atoms with E-state index in [9.17, 15) is 14.7 Å². The first kappa shape index (κ1) is 17.0. The lowest BCUT2D eigenvalue weighted by Crippen LogP contribution is -2.15. The molecule has 0 aromatic heterocycles. The molecule has 1 rings (SSSR count). The van der Waals surface area contributed by atoms with Gasteiger partial charge in [0.1, 0.15) is 0 Å². The molecular formula is C16H23NO4. The number of anilines is 1. The largest absolute Gasteiger partial charge is 0.478 e. The molecule has 5 heteroatoms. The Bertz CT molecular complexity index is 511. The summed E-state index contributed by atoms with van der Waals surface area (Å²) in [5.74, 6) is -1.76. The Morgan fingerprint density at radius 3 is 2.48 bits per heavy atom. The van der Waals surface area contributed by atoms with Crippen molar-refractivity contribution in [1.29, 1.82) is 0 Å². The second kappa shape index (κ2) is 8.29. The topological polar surface area (TPSA) is 89.6 Å². The number of nitrogens with two attached hydrogens (primary N) is 1. The van der Waals surface area contributed by atoms with Crippen LogP contribution in [-0.4, -0.2) is 23.7 Å². The number of carbonyl (C=O) groups excluding carboxylic acids is 1. The van der Waals surface area contributed by atoms with Crippen LogP contribution in [0.5, 0.6) is 0 Å². The van der Waals surface area contributed by atoms with E-state index in [1.165, 1.54) is 6.07 Å². The summed E-state index contributed by atoms with van der Waals surface area (Å²) in [7, 11) is 0. The summed E-state index contributed by atoms with van der Waals surface area (Å²) in [6.45, 7) is 3.98. The lowest BCUT2D eigenvalue weighted by atomic mass is 9.95. The zero-order chi connectivity index (χ0) is 15.8. The number of benzene rings is 1. The van der Waals surface area contributed by atoms with Crippen molar-refractivity contribution in [2.24, 2.45) is 0 Å². The van der Waals surface area contributed by atoms with Gasteiger partial charge in [-0.3, -0.25) is 0 Å². The van der Waals surface area contributed by atoms with Gasteiger partial charge in [0, 0.05) is 5.69 Å². The molecule has 0 spiro atoms. The van der Waals surface area contributed by atoms with Gasteiger partial charge in [0.25, 0.3) is 0 Å². The van der Waals surface area contributed by atoms with E-state index in [1.54, 1.807) is 13.0 Å². The highest BCUT2D eigenvalue weighted by molar-refractivity contribution is 6.04. The number of carboxylic acids is 1. The van der Waals surface area contributed by atoms with E-state index in [2.05, 4.69) is 6.92 Å². The van der Waals surface area contributed by atoms with Crippen LogP contribution < -0.4 is 5.73 Å². The predicted molar refractivity (Wildman–Crippen MR) is 81.6 cm³/mol. The molecule has 1 aromatic rings. The first-order valence-corrected chi connectivity index (χ1v) is 7.34. The van der Waals surface area contributed by atoms with Gasteiger partial charge >= 0.3 is 11.9 Å².